The lowest BCUT2D eigenvalue weighted by molar-refractivity contribution is -0.131. The van der Waals surface area contributed by atoms with Gasteiger partial charge in [-0.25, -0.2) is 4.39 Å². The molecule has 0 saturated heterocycles. The molecule has 0 aliphatic carbocycles. The van der Waals surface area contributed by atoms with Crippen LogP contribution in [0.25, 0.3) is 0 Å². The summed E-state index contributed by atoms with van der Waals surface area (Å²) in [7, 11) is 1.52. The molecule has 0 heterocycles. The van der Waals surface area contributed by atoms with Crippen LogP contribution in [0.15, 0.2) is 42.5 Å². The molecule has 0 spiro atoms. The Morgan fingerprint density at radius 3 is 2.32 bits per heavy atom. The standard InChI is InChI=1S/C17H16Cl2FN3O2/c1-23(10-16(24)22-12-4-2-11(20)3-5-12)17(25)9-21-13-6-7-14(18)15(19)8-13/h2-8,21H,9-10H2,1H3,(H,22,24). The third-order valence-corrected chi connectivity index (χ3v) is 4.04. The molecule has 0 bridgehead atoms. The SMILES string of the molecule is CN(CC(=O)Nc1ccc(F)cc1)C(=O)CNc1ccc(Cl)c(Cl)c1. The summed E-state index contributed by atoms with van der Waals surface area (Å²) in [5.41, 5.74) is 1.10. The van der Waals surface area contributed by atoms with Crippen molar-refractivity contribution in [3.05, 3.63) is 58.3 Å². The van der Waals surface area contributed by atoms with Gasteiger partial charge in [0, 0.05) is 18.4 Å². The molecular formula is C17H16Cl2FN3O2. The molecule has 2 amide bonds. The third-order valence-electron chi connectivity index (χ3n) is 3.30. The van der Waals surface area contributed by atoms with Gasteiger partial charge < -0.3 is 15.5 Å². The molecule has 8 heteroatoms. The van der Waals surface area contributed by atoms with Gasteiger partial charge in [0.05, 0.1) is 23.1 Å². The molecule has 0 fully saturated rings. The van der Waals surface area contributed by atoms with Crippen LogP contribution in [0.1, 0.15) is 0 Å². The van der Waals surface area contributed by atoms with Gasteiger partial charge in [0.15, 0.2) is 0 Å². The third kappa shape index (κ3) is 5.92. The zero-order chi connectivity index (χ0) is 18.4. The van der Waals surface area contributed by atoms with Gasteiger partial charge in [-0.2, -0.15) is 0 Å². The maximum absolute atomic E-state index is 12.8. The summed E-state index contributed by atoms with van der Waals surface area (Å²) in [4.78, 5) is 25.3. The van der Waals surface area contributed by atoms with Crippen LogP contribution in [0, 0.1) is 5.82 Å². The van der Waals surface area contributed by atoms with Crippen molar-refractivity contribution in [3.63, 3.8) is 0 Å². The van der Waals surface area contributed by atoms with Gasteiger partial charge in [-0.15, -0.1) is 0 Å². The number of carbonyl (C=O) groups is 2. The van der Waals surface area contributed by atoms with Gasteiger partial charge in [-0.1, -0.05) is 23.2 Å². The molecular weight excluding hydrogens is 368 g/mol. The highest BCUT2D eigenvalue weighted by Gasteiger charge is 2.13. The Morgan fingerprint density at radius 2 is 1.68 bits per heavy atom. The van der Waals surface area contributed by atoms with Crippen LogP contribution in [0.5, 0.6) is 0 Å². The maximum Gasteiger partial charge on any atom is 0.243 e. The van der Waals surface area contributed by atoms with E-state index in [1.807, 2.05) is 0 Å². The van der Waals surface area contributed by atoms with Gasteiger partial charge in [0.1, 0.15) is 5.82 Å². The Bertz CT molecular complexity index is 769. The van der Waals surface area contributed by atoms with E-state index in [-0.39, 0.29) is 24.9 Å². The summed E-state index contributed by atoms with van der Waals surface area (Å²) in [5, 5.41) is 6.31. The zero-order valence-corrected chi connectivity index (χ0v) is 14.9. The molecule has 0 aliphatic heterocycles. The first-order valence-corrected chi connectivity index (χ1v) is 8.09. The quantitative estimate of drug-likeness (QED) is 0.800. The fourth-order valence-corrected chi connectivity index (χ4v) is 2.25. The number of amides is 2. The van der Waals surface area contributed by atoms with Crippen LogP contribution in [0.4, 0.5) is 15.8 Å². The molecule has 0 saturated carbocycles. The van der Waals surface area contributed by atoms with Crippen molar-refractivity contribution in [1.82, 2.24) is 4.90 Å². The van der Waals surface area contributed by atoms with Crippen LogP contribution in [-0.4, -0.2) is 36.9 Å². The summed E-state index contributed by atoms with van der Waals surface area (Å²) in [6.07, 6.45) is 0. The van der Waals surface area contributed by atoms with E-state index in [0.29, 0.717) is 21.4 Å². The number of nitrogens with one attached hydrogen (secondary N) is 2. The highest BCUT2D eigenvalue weighted by molar-refractivity contribution is 6.42. The summed E-state index contributed by atoms with van der Waals surface area (Å²) < 4.78 is 12.8. The van der Waals surface area contributed by atoms with Gasteiger partial charge in [0.2, 0.25) is 11.8 Å². The number of nitrogens with zero attached hydrogens (tertiary/aromatic N) is 1. The normalized spacial score (nSPS) is 10.2. The Kier molecular flexibility index (Phi) is 6.61. The fraction of sp³-hybridized carbons (Fsp3) is 0.176. The average molecular weight is 384 g/mol. The lowest BCUT2D eigenvalue weighted by atomic mass is 10.3. The summed E-state index contributed by atoms with van der Waals surface area (Å²) in [5.74, 6) is -1.05. The second-order valence-corrected chi connectivity index (χ2v) is 6.10. The van der Waals surface area contributed by atoms with Crippen LogP contribution < -0.4 is 10.6 Å². The molecule has 132 valence electrons. The van der Waals surface area contributed by atoms with Crippen molar-refractivity contribution < 1.29 is 14.0 Å². The Hall–Kier alpha value is -2.31. The highest BCUT2D eigenvalue weighted by Crippen LogP contribution is 2.24. The molecule has 5 nitrogen and oxygen atoms in total. The highest BCUT2D eigenvalue weighted by atomic mass is 35.5. The second-order valence-electron chi connectivity index (χ2n) is 5.29. The smallest absolute Gasteiger partial charge is 0.243 e. The van der Waals surface area contributed by atoms with Crippen LogP contribution in [0.3, 0.4) is 0 Å². The van der Waals surface area contributed by atoms with Crippen molar-refractivity contribution in [3.8, 4) is 0 Å². The van der Waals surface area contributed by atoms with E-state index in [1.54, 1.807) is 18.2 Å². The van der Waals surface area contributed by atoms with Crippen LogP contribution in [-0.2, 0) is 9.59 Å². The minimum Gasteiger partial charge on any atom is -0.376 e. The Labute approximate surface area is 154 Å². The molecule has 2 aromatic rings. The minimum absolute atomic E-state index is 0.00170. The molecule has 2 rings (SSSR count). The van der Waals surface area contributed by atoms with E-state index in [1.165, 1.54) is 36.2 Å². The number of halogens is 3. The largest absolute Gasteiger partial charge is 0.376 e. The lowest BCUT2D eigenvalue weighted by Crippen LogP contribution is -2.38. The molecule has 25 heavy (non-hydrogen) atoms. The first-order valence-electron chi connectivity index (χ1n) is 7.33. The number of likely N-dealkylation sites (N-methyl/N-ethyl adjacent to an activating group) is 1. The fourth-order valence-electron chi connectivity index (χ4n) is 1.96. The van der Waals surface area contributed by atoms with E-state index in [0.717, 1.165) is 0 Å². The Balaban J connectivity index is 1.81. The minimum atomic E-state index is -0.390. The van der Waals surface area contributed by atoms with E-state index < -0.39 is 5.82 Å². The van der Waals surface area contributed by atoms with Crippen molar-refractivity contribution in [1.29, 1.82) is 0 Å². The number of carbonyl (C=O) groups excluding carboxylic acids is 2. The summed E-state index contributed by atoms with van der Waals surface area (Å²) in [6.45, 7) is -0.127. The molecule has 2 aromatic carbocycles. The van der Waals surface area contributed by atoms with Crippen molar-refractivity contribution in [2.75, 3.05) is 30.8 Å². The van der Waals surface area contributed by atoms with Gasteiger partial charge in [-0.05, 0) is 42.5 Å². The zero-order valence-electron chi connectivity index (χ0n) is 13.4. The Morgan fingerprint density at radius 1 is 1.04 bits per heavy atom. The van der Waals surface area contributed by atoms with Crippen LogP contribution >= 0.6 is 23.2 Å². The van der Waals surface area contributed by atoms with Crippen molar-refractivity contribution in [2.24, 2.45) is 0 Å². The number of benzene rings is 2. The molecule has 0 atom stereocenters. The number of hydrogen-bond acceptors (Lipinski definition) is 3. The van der Waals surface area contributed by atoms with Crippen molar-refractivity contribution >= 4 is 46.4 Å². The summed E-state index contributed by atoms with van der Waals surface area (Å²) >= 11 is 11.7. The first kappa shape index (κ1) is 19.0. The second kappa shape index (κ2) is 8.69. The monoisotopic (exact) mass is 383 g/mol. The van der Waals surface area contributed by atoms with E-state index in [9.17, 15) is 14.0 Å². The maximum atomic E-state index is 12.8. The van der Waals surface area contributed by atoms with E-state index >= 15 is 0 Å². The molecule has 0 unspecified atom stereocenters. The van der Waals surface area contributed by atoms with Crippen LogP contribution in [0.2, 0.25) is 10.0 Å². The molecule has 2 N–H and O–H groups in total. The number of anilines is 2. The number of hydrogen-bond donors (Lipinski definition) is 2. The molecule has 0 aliphatic rings. The lowest BCUT2D eigenvalue weighted by Gasteiger charge is -2.17. The summed E-state index contributed by atoms with van der Waals surface area (Å²) in [6, 6.07) is 10.3. The van der Waals surface area contributed by atoms with Gasteiger partial charge >= 0.3 is 0 Å². The van der Waals surface area contributed by atoms with Gasteiger partial charge in [0.25, 0.3) is 0 Å². The predicted molar refractivity (Wildman–Crippen MR) is 97.6 cm³/mol. The number of rotatable bonds is 6. The topological polar surface area (TPSA) is 61.4 Å². The van der Waals surface area contributed by atoms with E-state index in [2.05, 4.69) is 10.6 Å². The first-order chi connectivity index (χ1) is 11.8. The average Bonchev–Trinajstić information content (AvgIpc) is 2.57. The van der Waals surface area contributed by atoms with E-state index in [4.69, 9.17) is 23.2 Å². The molecule has 0 aromatic heterocycles. The predicted octanol–water partition coefficient (Wildman–Crippen LogP) is 3.64. The van der Waals surface area contributed by atoms with Crippen molar-refractivity contribution in [2.45, 2.75) is 0 Å². The van der Waals surface area contributed by atoms with Gasteiger partial charge in [-0.3, -0.25) is 9.59 Å². The molecule has 0 radical (unpaired) electrons.